The third-order valence-corrected chi connectivity index (χ3v) is 4.87. The number of benzene rings is 3. The molecule has 0 aliphatic carbocycles. The fraction of sp³-hybridized carbons (Fsp3) is 0.0476. The molecule has 3 aromatic rings. The summed E-state index contributed by atoms with van der Waals surface area (Å²) < 4.78 is 0. The summed E-state index contributed by atoms with van der Waals surface area (Å²) in [6.45, 7) is 0. The number of hydrazone groups is 1. The van der Waals surface area contributed by atoms with Gasteiger partial charge in [-0.25, -0.2) is 5.43 Å². The average molecular weight is 381 g/mol. The number of hydrogen-bond acceptors (Lipinski definition) is 3. The maximum absolute atomic E-state index is 11.8. The second-order valence-corrected chi connectivity index (χ2v) is 7.01. The second kappa shape index (κ2) is 9.22. The minimum atomic E-state index is -0.151. The maximum atomic E-state index is 11.8. The molecule has 3 aromatic carbocycles. The van der Waals surface area contributed by atoms with Crippen molar-refractivity contribution in [3.05, 3.63) is 89.4 Å². The molecule has 1 amide bonds. The van der Waals surface area contributed by atoms with Crippen molar-refractivity contribution in [3.63, 3.8) is 0 Å². The van der Waals surface area contributed by atoms with Gasteiger partial charge in [-0.3, -0.25) is 4.79 Å². The van der Waals surface area contributed by atoms with Gasteiger partial charge in [-0.05, 0) is 41.0 Å². The van der Waals surface area contributed by atoms with E-state index in [9.17, 15) is 4.79 Å². The van der Waals surface area contributed by atoms with Gasteiger partial charge in [0, 0.05) is 9.92 Å². The van der Waals surface area contributed by atoms with Crippen molar-refractivity contribution < 1.29 is 4.79 Å². The van der Waals surface area contributed by atoms with Crippen LogP contribution in [0.4, 0.5) is 0 Å². The number of carbonyl (C=O) groups is 1. The summed E-state index contributed by atoms with van der Waals surface area (Å²) in [6, 6.07) is 25.6. The smallest absolute Gasteiger partial charge is 0.250 e. The molecule has 0 spiro atoms. The Hall–Kier alpha value is -2.56. The van der Waals surface area contributed by atoms with Gasteiger partial charge in [0.1, 0.15) is 0 Å². The average Bonchev–Trinajstić information content (AvgIpc) is 2.69. The molecule has 3 rings (SSSR count). The lowest BCUT2D eigenvalue weighted by molar-refractivity contribution is -0.118. The van der Waals surface area contributed by atoms with Crippen LogP contribution >= 0.6 is 23.4 Å². The lowest BCUT2D eigenvalue weighted by Gasteiger charge is -2.02. The molecule has 0 aliphatic heterocycles. The largest absolute Gasteiger partial charge is 0.272 e. The summed E-state index contributed by atoms with van der Waals surface area (Å²) >= 11 is 7.28. The zero-order valence-corrected chi connectivity index (χ0v) is 15.5. The minimum Gasteiger partial charge on any atom is -0.272 e. The molecular weight excluding hydrogens is 364 g/mol. The summed E-state index contributed by atoms with van der Waals surface area (Å²) in [5.41, 5.74) is 5.78. The highest BCUT2D eigenvalue weighted by Gasteiger charge is 2.01. The lowest BCUT2D eigenvalue weighted by Crippen LogP contribution is -2.19. The van der Waals surface area contributed by atoms with Crippen LogP contribution in [-0.4, -0.2) is 17.9 Å². The third-order valence-electron chi connectivity index (χ3n) is 3.60. The Morgan fingerprint density at radius 2 is 1.58 bits per heavy atom. The van der Waals surface area contributed by atoms with Crippen LogP contribution in [0.1, 0.15) is 5.56 Å². The number of carbonyl (C=O) groups excluding carboxylic acids is 1. The lowest BCUT2D eigenvalue weighted by atomic mass is 10.0. The minimum absolute atomic E-state index is 0.151. The summed E-state index contributed by atoms with van der Waals surface area (Å²) in [7, 11) is 0. The standard InChI is InChI=1S/C21H17ClN2OS/c22-19-10-12-20(13-11-19)26-15-21(25)24-23-14-16-6-8-18(9-7-16)17-4-2-1-3-5-17/h1-14H,15H2,(H,24,25)/b23-14-. The molecule has 5 heteroatoms. The predicted octanol–water partition coefficient (Wildman–Crippen LogP) is 5.25. The van der Waals surface area contributed by atoms with Crippen molar-refractivity contribution in [2.75, 3.05) is 5.75 Å². The first-order valence-electron chi connectivity index (χ1n) is 8.06. The van der Waals surface area contributed by atoms with E-state index in [1.54, 1.807) is 18.3 Å². The summed E-state index contributed by atoms with van der Waals surface area (Å²) in [4.78, 5) is 12.8. The van der Waals surface area contributed by atoms with Crippen LogP contribution in [0.2, 0.25) is 5.02 Å². The van der Waals surface area contributed by atoms with E-state index in [2.05, 4.69) is 22.7 Å². The molecule has 0 fully saturated rings. The maximum Gasteiger partial charge on any atom is 0.250 e. The molecule has 1 N–H and O–H groups in total. The van der Waals surface area contributed by atoms with Crippen LogP contribution in [-0.2, 0) is 4.79 Å². The second-order valence-electron chi connectivity index (χ2n) is 5.52. The molecule has 0 saturated heterocycles. The van der Waals surface area contributed by atoms with Gasteiger partial charge in [0.2, 0.25) is 5.91 Å². The SMILES string of the molecule is O=C(CSc1ccc(Cl)cc1)N/N=C\c1ccc(-c2ccccc2)cc1. The molecule has 0 aromatic heterocycles. The van der Waals surface area contributed by atoms with Gasteiger partial charge in [-0.1, -0.05) is 66.2 Å². The molecule has 0 atom stereocenters. The molecule has 130 valence electrons. The van der Waals surface area contributed by atoms with Gasteiger partial charge >= 0.3 is 0 Å². The first kappa shape index (κ1) is 18.2. The van der Waals surface area contributed by atoms with Crippen LogP contribution < -0.4 is 5.43 Å². The van der Waals surface area contributed by atoms with Gasteiger partial charge in [0.25, 0.3) is 0 Å². The van der Waals surface area contributed by atoms with Gasteiger partial charge in [0.15, 0.2) is 0 Å². The van der Waals surface area contributed by atoms with Gasteiger partial charge in [-0.15, -0.1) is 11.8 Å². The normalized spacial score (nSPS) is 10.8. The first-order chi connectivity index (χ1) is 12.7. The number of nitrogens with one attached hydrogen (secondary N) is 1. The quantitative estimate of drug-likeness (QED) is 0.360. The van der Waals surface area contributed by atoms with E-state index < -0.39 is 0 Å². The topological polar surface area (TPSA) is 41.5 Å². The number of nitrogens with zero attached hydrogens (tertiary/aromatic N) is 1. The molecule has 26 heavy (non-hydrogen) atoms. The summed E-state index contributed by atoms with van der Waals surface area (Å²) in [6.07, 6.45) is 1.64. The Bertz CT molecular complexity index is 878. The Labute approximate surface area is 162 Å². The van der Waals surface area contributed by atoms with Crippen molar-refractivity contribution in [3.8, 4) is 11.1 Å². The van der Waals surface area contributed by atoms with Gasteiger partial charge in [-0.2, -0.15) is 5.10 Å². The fourth-order valence-corrected chi connectivity index (χ4v) is 3.10. The van der Waals surface area contributed by atoms with Crippen molar-refractivity contribution in [1.29, 1.82) is 0 Å². The van der Waals surface area contributed by atoms with Crippen molar-refractivity contribution >= 4 is 35.5 Å². The highest BCUT2D eigenvalue weighted by Crippen LogP contribution is 2.20. The van der Waals surface area contributed by atoms with E-state index in [1.807, 2.05) is 54.6 Å². The number of amides is 1. The van der Waals surface area contributed by atoms with E-state index in [1.165, 1.54) is 17.3 Å². The Morgan fingerprint density at radius 3 is 2.27 bits per heavy atom. The van der Waals surface area contributed by atoms with Crippen LogP contribution in [0.5, 0.6) is 0 Å². The Kier molecular flexibility index (Phi) is 6.47. The molecule has 0 aliphatic rings. The van der Waals surface area contributed by atoms with Crippen LogP contribution in [0.25, 0.3) is 11.1 Å². The fourth-order valence-electron chi connectivity index (χ4n) is 2.28. The van der Waals surface area contributed by atoms with Crippen LogP contribution in [0.3, 0.4) is 0 Å². The molecular formula is C21H17ClN2OS. The van der Waals surface area contributed by atoms with Crippen LogP contribution in [0.15, 0.2) is 88.9 Å². The Morgan fingerprint density at radius 1 is 0.923 bits per heavy atom. The zero-order chi connectivity index (χ0) is 18.2. The Balaban J connectivity index is 1.48. The van der Waals surface area contributed by atoms with E-state index in [4.69, 9.17) is 11.6 Å². The molecule has 0 unspecified atom stereocenters. The molecule has 0 saturated carbocycles. The van der Waals surface area contributed by atoms with E-state index in [0.717, 1.165) is 16.0 Å². The predicted molar refractivity (Wildman–Crippen MR) is 110 cm³/mol. The zero-order valence-electron chi connectivity index (χ0n) is 13.9. The van der Waals surface area contributed by atoms with Crippen molar-refractivity contribution in [2.24, 2.45) is 5.10 Å². The molecule has 3 nitrogen and oxygen atoms in total. The highest BCUT2D eigenvalue weighted by atomic mass is 35.5. The van der Waals surface area contributed by atoms with E-state index >= 15 is 0 Å². The van der Waals surface area contributed by atoms with Gasteiger partial charge < -0.3 is 0 Å². The number of rotatable bonds is 6. The van der Waals surface area contributed by atoms with Crippen LogP contribution in [0, 0.1) is 0 Å². The highest BCUT2D eigenvalue weighted by molar-refractivity contribution is 8.00. The van der Waals surface area contributed by atoms with Crippen molar-refractivity contribution in [2.45, 2.75) is 4.90 Å². The molecule has 0 heterocycles. The first-order valence-corrected chi connectivity index (χ1v) is 9.43. The number of halogens is 1. The van der Waals surface area contributed by atoms with E-state index in [0.29, 0.717) is 10.8 Å². The third kappa shape index (κ3) is 5.48. The van der Waals surface area contributed by atoms with Crippen molar-refractivity contribution in [1.82, 2.24) is 5.43 Å². The summed E-state index contributed by atoms with van der Waals surface area (Å²) in [5, 5.41) is 4.69. The number of thioether (sulfide) groups is 1. The summed E-state index contributed by atoms with van der Waals surface area (Å²) in [5.74, 6) is 0.147. The molecule has 0 bridgehead atoms. The van der Waals surface area contributed by atoms with E-state index in [-0.39, 0.29) is 5.91 Å². The molecule has 0 radical (unpaired) electrons. The number of hydrogen-bond donors (Lipinski definition) is 1. The monoisotopic (exact) mass is 380 g/mol. The van der Waals surface area contributed by atoms with Gasteiger partial charge in [0.05, 0.1) is 12.0 Å².